The Hall–Kier alpha value is -0.720. The molecule has 2 saturated heterocycles. The van der Waals surface area contributed by atoms with Gasteiger partial charge in [-0.05, 0) is 32.4 Å². The van der Waals surface area contributed by atoms with Crippen LogP contribution in [0.25, 0.3) is 0 Å². The van der Waals surface area contributed by atoms with Crippen molar-refractivity contribution in [2.45, 2.75) is 43.6 Å². The summed E-state index contributed by atoms with van der Waals surface area (Å²) >= 11 is 9.10. The quantitative estimate of drug-likeness (QED) is 0.916. The van der Waals surface area contributed by atoms with Crippen molar-refractivity contribution < 1.29 is 9.59 Å². The van der Waals surface area contributed by atoms with Gasteiger partial charge in [0.2, 0.25) is 11.8 Å². The van der Waals surface area contributed by atoms with E-state index in [1.54, 1.807) is 16.7 Å². The Bertz CT molecular complexity index is 591. The molecule has 0 aliphatic carbocycles. The Labute approximate surface area is 137 Å². The molecule has 0 aromatic carbocycles. The average molecular weight is 345 g/mol. The van der Waals surface area contributed by atoms with Crippen LogP contribution in [0.15, 0.2) is 12.1 Å². The van der Waals surface area contributed by atoms with Crippen LogP contribution in [0.1, 0.15) is 37.6 Å². The molecular formula is C14H17ClN2O2S2. The standard InChI is InChI=1S/C14H17ClN2O2S2/c1-8(10-3-4-11(15)21-10)16-13(19)9-7-20-14(2)6-5-12(18)17(9)14/h3-4,8-9H,5-7H2,1-2H3,(H,16,19). The fourth-order valence-electron chi connectivity index (χ4n) is 2.96. The first-order valence-electron chi connectivity index (χ1n) is 6.92. The fourth-order valence-corrected chi connectivity index (χ4v) is 5.45. The lowest BCUT2D eigenvalue weighted by atomic mass is 10.2. The predicted octanol–water partition coefficient (Wildman–Crippen LogP) is 3.03. The molecule has 4 nitrogen and oxygen atoms in total. The molecule has 7 heteroatoms. The highest BCUT2D eigenvalue weighted by atomic mass is 35.5. The van der Waals surface area contributed by atoms with Gasteiger partial charge in [0.25, 0.3) is 0 Å². The van der Waals surface area contributed by atoms with E-state index in [9.17, 15) is 9.59 Å². The number of hydrogen-bond donors (Lipinski definition) is 1. The van der Waals surface area contributed by atoms with Crippen molar-refractivity contribution in [1.29, 1.82) is 0 Å². The Kier molecular flexibility index (Phi) is 3.96. The number of nitrogens with one attached hydrogen (secondary N) is 1. The zero-order valence-electron chi connectivity index (χ0n) is 11.9. The molecule has 2 amide bonds. The monoisotopic (exact) mass is 344 g/mol. The predicted molar refractivity (Wildman–Crippen MR) is 86.6 cm³/mol. The second-order valence-electron chi connectivity index (χ2n) is 5.64. The summed E-state index contributed by atoms with van der Waals surface area (Å²) in [6.07, 6.45) is 1.37. The van der Waals surface area contributed by atoms with Crippen LogP contribution < -0.4 is 5.32 Å². The minimum absolute atomic E-state index is 0.0708. The van der Waals surface area contributed by atoms with Gasteiger partial charge in [0.05, 0.1) is 15.2 Å². The molecule has 0 spiro atoms. The second kappa shape index (κ2) is 5.48. The lowest BCUT2D eigenvalue weighted by Crippen LogP contribution is -2.50. The van der Waals surface area contributed by atoms with Gasteiger partial charge in [-0.1, -0.05) is 11.6 Å². The van der Waals surface area contributed by atoms with Gasteiger partial charge in [0.1, 0.15) is 6.04 Å². The van der Waals surface area contributed by atoms with Crippen molar-refractivity contribution in [3.63, 3.8) is 0 Å². The van der Waals surface area contributed by atoms with E-state index in [-0.39, 0.29) is 28.8 Å². The van der Waals surface area contributed by atoms with Crippen LogP contribution in [-0.4, -0.2) is 33.4 Å². The topological polar surface area (TPSA) is 49.4 Å². The number of thiophene rings is 1. The molecule has 1 aromatic heterocycles. The van der Waals surface area contributed by atoms with Crippen LogP contribution in [0, 0.1) is 0 Å². The normalized spacial score (nSPS) is 29.6. The van der Waals surface area contributed by atoms with Gasteiger partial charge in [-0.2, -0.15) is 0 Å². The molecular weight excluding hydrogens is 328 g/mol. The summed E-state index contributed by atoms with van der Waals surface area (Å²) in [7, 11) is 0. The van der Waals surface area contributed by atoms with Crippen molar-refractivity contribution in [2.24, 2.45) is 0 Å². The Balaban J connectivity index is 1.70. The molecule has 2 fully saturated rings. The Morgan fingerprint density at radius 1 is 1.57 bits per heavy atom. The number of rotatable bonds is 3. The molecule has 2 aliphatic rings. The summed E-state index contributed by atoms with van der Waals surface area (Å²) in [5.74, 6) is 0.694. The van der Waals surface area contributed by atoms with Gasteiger partial charge in [-0.15, -0.1) is 23.1 Å². The lowest BCUT2D eigenvalue weighted by molar-refractivity contribution is -0.138. The van der Waals surface area contributed by atoms with Crippen molar-refractivity contribution in [1.82, 2.24) is 10.2 Å². The molecule has 3 unspecified atom stereocenters. The number of halogens is 1. The first-order chi connectivity index (χ1) is 9.90. The molecule has 0 radical (unpaired) electrons. The van der Waals surface area contributed by atoms with Crippen molar-refractivity contribution in [2.75, 3.05) is 5.75 Å². The van der Waals surface area contributed by atoms with E-state index in [0.717, 1.165) is 11.3 Å². The Morgan fingerprint density at radius 3 is 3.00 bits per heavy atom. The minimum atomic E-state index is -0.354. The minimum Gasteiger partial charge on any atom is -0.347 e. The van der Waals surface area contributed by atoms with E-state index in [0.29, 0.717) is 16.5 Å². The van der Waals surface area contributed by atoms with Crippen LogP contribution in [0.3, 0.4) is 0 Å². The number of hydrogen-bond acceptors (Lipinski definition) is 4. The van der Waals surface area contributed by atoms with E-state index < -0.39 is 0 Å². The number of fused-ring (bicyclic) bond motifs is 1. The molecule has 21 heavy (non-hydrogen) atoms. The van der Waals surface area contributed by atoms with Crippen molar-refractivity contribution in [3.8, 4) is 0 Å². The van der Waals surface area contributed by atoms with E-state index >= 15 is 0 Å². The van der Waals surface area contributed by atoms with Crippen molar-refractivity contribution in [3.05, 3.63) is 21.3 Å². The lowest BCUT2D eigenvalue weighted by Gasteiger charge is -2.30. The number of amides is 2. The highest BCUT2D eigenvalue weighted by Crippen LogP contribution is 2.47. The highest BCUT2D eigenvalue weighted by molar-refractivity contribution is 8.01. The summed E-state index contributed by atoms with van der Waals surface area (Å²) < 4.78 is 0.713. The maximum Gasteiger partial charge on any atom is 0.244 e. The fraction of sp³-hybridized carbons (Fsp3) is 0.571. The van der Waals surface area contributed by atoms with Gasteiger partial charge in [0.15, 0.2) is 0 Å². The van der Waals surface area contributed by atoms with Crippen LogP contribution in [0.5, 0.6) is 0 Å². The third-order valence-electron chi connectivity index (χ3n) is 4.13. The average Bonchev–Trinajstić information content (AvgIpc) is 3.07. The summed E-state index contributed by atoms with van der Waals surface area (Å²) in [5, 5.41) is 3.01. The first kappa shape index (κ1) is 15.2. The van der Waals surface area contributed by atoms with Crippen molar-refractivity contribution >= 4 is 46.5 Å². The number of carbonyl (C=O) groups excluding carboxylic acids is 2. The van der Waals surface area contributed by atoms with Crippen LogP contribution >= 0.6 is 34.7 Å². The van der Waals surface area contributed by atoms with E-state index in [4.69, 9.17) is 11.6 Å². The molecule has 3 heterocycles. The Morgan fingerprint density at radius 2 is 2.33 bits per heavy atom. The van der Waals surface area contributed by atoms with Gasteiger partial charge in [-0.3, -0.25) is 9.59 Å². The summed E-state index contributed by atoms with van der Waals surface area (Å²) in [6, 6.07) is 3.31. The molecule has 3 atom stereocenters. The largest absolute Gasteiger partial charge is 0.347 e. The molecule has 0 bridgehead atoms. The van der Waals surface area contributed by atoms with Gasteiger partial charge in [0, 0.05) is 17.1 Å². The van der Waals surface area contributed by atoms with Gasteiger partial charge in [-0.25, -0.2) is 0 Å². The molecule has 1 aromatic rings. The molecule has 0 saturated carbocycles. The number of nitrogens with zero attached hydrogens (tertiary/aromatic N) is 1. The maximum absolute atomic E-state index is 12.5. The van der Waals surface area contributed by atoms with Crippen LogP contribution in [0.2, 0.25) is 4.34 Å². The third kappa shape index (κ3) is 2.69. The summed E-state index contributed by atoms with van der Waals surface area (Å²) in [5.41, 5.74) is 0. The number of carbonyl (C=O) groups is 2. The van der Waals surface area contributed by atoms with Gasteiger partial charge < -0.3 is 10.2 Å². The first-order valence-corrected chi connectivity index (χ1v) is 9.10. The summed E-state index contributed by atoms with van der Waals surface area (Å²) in [4.78, 5) is 27.2. The maximum atomic E-state index is 12.5. The zero-order valence-corrected chi connectivity index (χ0v) is 14.3. The van der Waals surface area contributed by atoms with Gasteiger partial charge >= 0.3 is 0 Å². The van der Waals surface area contributed by atoms with E-state index in [1.165, 1.54) is 11.3 Å². The van der Waals surface area contributed by atoms with E-state index in [1.807, 2.05) is 19.1 Å². The number of thioether (sulfide) groups is 1. The smallest absolute Gasteiger partial charge is 0.244 e. The zero-order chi connectivity index (χ0) is 15.2. The molecule has 1 N–H and O–H groups in total. The second-order valence-corrected chi connectivity index (χ2v) is 8.89. The molecule has 114 valence electrons. The third-order valence-corrected chi connectivity index (χ3v) is 7.05. The summed E-state index contributed by atoms with van der Waals surface area (Å²) in [6.45, 7) is 3.99. The van der Waals surface area contributed by atoms with Crippen LogP contribution in [0.4, 0.5) is 0 Å². The SMILES string of the molecule is CC(NC(=O)C1CSC2(C)CCC(=O)N12)c1ccc(Cl)s1. The highest BCUT2D eigenvalue weighted by Gasteiger charge is 2.52. The molecule has 3 rings (SSSR count). The van der Waals surface area contributed by atoms with Crippen LogP contribution in [-0.2, 0) is 9.59 Å². The van der Waals surface area contributed by atoms with E-state index in [2.05, 4.69) is 12.2 Å². The molecule has 2 aliphatic heterocycles.